The zero-order chi connectivity index (χ0) is 15.4. The van der Waals surface area contributed by atoms with Crippen LogP contribution in [0.25, 0.3) is 0 Å². The molecule has 5 nitrogen and oxygen atoms in total. The van der Waals surface area contributed by atoms with Crippen molar-refractivity contribution >= 4 is 11.6 Å². The smallest absolute Gasteiger partial charge is 0.223 e. The first-order valence-corrected chi connectivity index (χ1v) is 6.79. The third-order valence-electron chi connectivity index (χ3n) is 3.19. The summed E-state index contributed by atoms with van der Waals surface area (Å²) in [6.45, 7) is 5.16. The van der Waals surface area contributed by atoms with Gasteiger partial charge in [0.1, 0.15) is 11.5 Å². The fourth-order valence-electron chi connectivity index (χ4n) is 2.06. The first kappa shape index (κ1) is 14.8. The van der Waals surface area contributed by atoms with Crippen LogP contribution in [-0.2, 0) is 9.59 Å². The van der Waals surface area contributed by atoms with Crippen molar-refractivity contribution in [2.45, 2.75) is 13.8 Å². The monoisotopic (exact) mass is 287 g/mol. The molecule has 0 aliphatic heterocycles. The van der Waals surface area contributed by atoms with E-state index < -0.39 is 0 Å². The van der Waals surface area contributed by atoms with Crippen LogP contribution >= 0.6 is 0 Å². The van der Waals surface area contributed by atoms with E-state index in [-0.39, 0.29) is 23.1 Å². The Hall–Kier alpha value is -2.56. The van der Waals surface area contributed by atoms with Crippen LogP contribution in [0.15, 0.2) is 47.9 Å². The molecule has 0 saturated heterocycles. The maximum Gasteiger partial charge on any atom is 0.223 e. The molecular formula is C16H17NO4. The second-order valence-corrected chi connectivity index (χ2v) is 4.53. The minimum absolute atomic E-state index is 0.0124. The minimum atomic E-state index is -0.343. The summed E-state index contributed by atoms with van der Waals surface area (Å²) in [6.07, 6.45) is 2.52. The summed E-state index contributed by atoms with van der Waals surface area (Å²) in [5, 5.41) is 9.20. The molecule has 0 amide bonds. The number of aromatic hydroxyl groups is 1. The second kappa shape index (κ2) is 6.26. The lowest BCUT2D eigenvalue weighted by atomic mass is 10.1. The van der Waals surface area contributed by atoms with Crippen molar-refractivity contribution in [1.82, 2.24) is 4.90 Å². The Labute approximate surface area is 123 Å². The Balaban J connectivity index is 2.18. The van der Waals surface area contributed by atoms with E-state index in [2.05, 4.69) is 0 Å². The summed E-state index contributed by atoms with van der Waals surface area (Å²) in [4.78, 5) is 26.0. The molecule has 1 aliphatic rings. The van der Waals surface area contributed by atoms with Crippen LogP contribution in [-0.4, -0.2) is 34.7 Å². The maximum absolute atomic E-state index is 12.1. The van der Waals surface area contributed by atoms with E-state index in [0.29, 0.717) is 24.5 Å². The molecule has 110 valence electrons. The summed E-state index contributed by atoms with van der Waals surface area (Å²) in [5.74, 6) is -0.107. The lowest BCUT2D eigenvalue weighted by Crippen LogP contribution is -2.30. The summed E-state index contributed by atoms with van der Waals surface area (Å²) in [5.41, 5.74) is 0.392. The van der Waals surface area contributed by atoms with Crippen LogP contribution in [0.5, 0.6) is 11.5 Å². The molecule has 0 aromatic heterocycles. The molecule has 0 saturated carbocycles. The quantitative estimate of drug-likeness (QED) is 0.839. The number of hydrogen-bond acceptors (Lipinski definition) is 5. The van der Waals surface area contributed by atoms with Crippen molar-refractivity contribution in [3.8, 4) is 11.5 Å². The molecule has 1 aromatic carbocycles. The number of likely N-dealkylation sites (N-methyl/N-ethyl adjacent to an activating group) is 1. The number of ether oxygens (including phenoxy) is 1. The minimum Gasteiger partial charge on any atom is -0.508 e. The van der Waals surface area contributed by atoms with E-state index in [9.17, 15) is 14.7 Å². The average molecular weight is 287 g/mol. The molecule has 1 aromatic rings. The molecule has 1 N–H and O–H groups in total. The van der Waals surface area contributed by atoms with Crippen molar-refractivity contribution in [3.05, 3.63) is 47.9 Å². The number of carbonyl (C=O) groups excluding carboxylic acids is 2. The van der Waals surface area contributed by atoms with Crippen LogP contribution in [0, 0.1) is 0 Å². The Kier molecular flexibility index (Phi) is 4.42. The number of allylic oxidation sites excluding steroid dienone is 2. The Morgan fingerprint density at radius 1 is 1.00 bits per heavy atom. The number of ketones is 2. The van der Waals surface area contributed by atoms with Crippen molar-refractivity contribution in [2.75, 3.05) is 13.1 Å². The van der Waals surface area contributed by atoms with Crippen molar-refractivity contribution in [3.63, 3.8) is 0 Å². The van der Waals surface area contributed by atoms with Gasteiger partial charge in [-0.05, 0) is 38.1 Å². The predicted octanol–water partition coefficient (Wildman–Crippen LogP) is 2.03. The van der Waals surface area contributed by atoms with Gasteiger partial charge in [-0.3, -0.25) is 9.59 Å². The molecule has 0 bridgehead atoms. The fraction of sp³-hybridized carbons (Fsp3) is 0.250. The number of phenolic OH excluding ortho intramolecular Hbond substituents is 1. The zero-order valence-corrected chi connectivity index (χ0v) is 12.0. The van der Waals surface area contributed by atoms with Gasteiger partial charge in [0.25, 0.3) is 0 Å². The van der Waals surface area contributed by atoms with Gasteiger partial charge in [0.15, 0.2) is 5.76 Å². The highest BCUT2D eigenvalue weighted by Crippen LogP contribution is 2.21. The summed E-state index contributed by atoms with van der Waals surface area (Å²) in [7, 11) is 0. The second-order valence-electron chi connectivity index (χ2n) is 4.53. The van der Waals surface area contributed by atoms with Gasteiger partial charge in [0.05, 0.1) is 5.70 Å². The first-order valence-electron chi connectivity index (χ1n) is 6.79. The third-order valence-corrected chi connectivity index (χ3v) is 3.19. The summed E-state index contributed by atoms with van der Waals surface area (Å²) in [6, 6.07) is 5.94. The van der Waals surface area contributed by atoms with Gasteiger partial charge in [-0.1, -0.05) is 0 Å². The third kappa shape index (κ3) is 3.31. The summed E-state index contributed by atoms with van der Waals surface area (Å²) >= 11 is 0. The van der Waals surface area contributed by atoms with E-state index in [4.69, 9.17) is 4.74 Å². The first-order chi connectivity index (χ1) is 10.0. The van der Waals surface area contributed by atoms with E-state index >= 15 is 0 Å². The van der Waals surface area contributed by atoms with Gasteiger partial charge in [-0.2, -0.15) is 0 Å². The van der Waals surface area contributed by atoms with Crippen LogP contribution in [0.3, 0.4) is 0 Å². The Bertz CT molecular complexity index is 610. The maximum atomic E-state index is 12.1. The Morgan fingerprint density at radius 2 is 1.62 bits per heavy atom. The molecule has 0 radical (unpaired) electrons. The number of phenols is 1. The molecule has 0 heterocycles. The Morgan fingerprint density at radius 3 is 2.19 bits per heavy atom. The van der Waals surface area contributed by atoms with E-state index in [1.54, 1.807) is 0 Å². The molecule has 0 atom stereocenters. The van der Waals surface area contributed by atoms with Crippen molar-refractivity contribution in [1.29, 1.82) is 0 Å². The SMILES string of the molecule is CCN(CC)C1=CC(=O)C(Oc2ccc(O)cc2)=CC1=O. The van der Waals surface area contributed by atoms with Gasteiger partial charge in [0.2, 0.25) is 11.6 Å². The van der Waals surface area contributed by atoms with E-state index in [0.717, 1.165) is 0 Å². The topological polar surface area (TPSA) is 66.8 Å². The lowest BCUT2D eigenvalue weighted by molar-refractivity contribution is -0.117. The van der Waals surface area contributed by atoms with Crippen LogP contribution in [0.1, 0.15) is 13.8 Å². The largest absolute Gasteiger partial charge is 0.508 e. The van der Waals surface area contributed by atoms with Gasteiger partial charge < -0.3 is 14.7 Å². The van der Waals surface area contributed by atoms with Crippen molar-refractivity contribution < 1.29 is 19.4 Å². The molecule has 21 heavy (non-hydrogen) atoms. The molecule has 0 fully saturated rings. The van der Waals surface area contributed by atoms with Gasteiger partial charge in [0, 0.05) is 25.2 Å². The molecule has 1 aliphatic carbocycles. The number of hydrogen-bond donors (Lipinski definition) is 1. The number of benzene rings is 1. The predicted molar refractivity (Wildman–Crippen MR) is 77.8 cm³/mol. The average Bonchev–Trinajstić information content (AvgIpc) is 2.47. The fourth-order valence-corrected chi connectivity index (χ4v) is 2.06. The van der Waals surface area contributed by atoms with Crippen LogP contribution in [0.2, 0.25) is 0 Å². The molecule has 0 unspecified atom stereocenters. The number of carbonyl (C=O) groups is 2. The molecule has 0 spiro atoms. The highest BCUT2D eigenvalue weighted by atomic mass is 16.5. The van der Waals surface area contributed by atoms with E-state index in [1.165, 1.54) is 36.4 Å². The molecule has 2 rings (SSSR count). The highest BCUT2D eigenvalue weighted by Gasteiger charge is 2.24. The number of nitrogens with zero attached hydrogens (tertiary/aromatic N) is 1. The molecular weight excluding hydrogens is 270 g/mol. The standard InChI is InChI=1S/C16H17NO4/c1-3-17(4-2)13-9-15(20)16(10-14(13)19)21-12-7-5-11(18)6-8-12/h5-10,18H,3-4H2,1-2H3. The van der Waals surface area contributed by atoms with E-state index in [1.807, 2.05) is 18.7 Å². The zero-order valence-electron chi connectivity index (χ0n) is 12.0. The van der Waals surface area contributed by atoms with Crippen LogP contribution in [0.4, 0.5) is 0 Å². The lowest BCUT2D eigenvalue weighted by Gasteiger charge is -2.24. The van der Waals surface area contributed by atoms with Crippen LogP contribution < -0.4 is 4.74 Å². The van der Waals surface area contributed by atoms with Gasteiger partial charge in [-0.25, -0.2) is 0 Å². The van der Waals surface area contributed by atoms with Gasteiger partial charge in [-0.15, -0.1) is 0 Å². The highest BCUT2D eigenvalue weighted by molar-refractivity contribution is 6.18. The normalized spacial score (nSPS) is 14.6. The number of rotatable bonds is 5. The van der Waals surface area contributed by atoms with Crippen molar-refractivity contribution in [2.24, 2.45) is 0 Å². The molecule has 5 heteroatoms. The summed E-state index contributed by atoms with van der Waals surface area (Å²) < 4.78 is 5.40. The van der Waals surface area contributed by atoms with Gasteiger partial charge >= 0.3 is 0 Å².